The number of rotatable bonds is 5. The molecule has 0 radical (unpaired) electrons. The van der Waals surface area contributed by atoms with Crippen molar-refractivity contribution in [2.45, 2.75) is 13.8 Å². The molecule has 0 unspecified atom stereocenters. The van der Waals surface area contributed by atoms with Crippen LogP contribution in [0.25, 0.3) is 0 Å². The van der Waals surface area contributed by atoms with E-state index >= 15 is 0 Å². The van der Waals surface area contributed by atoms with Crippen LogP contribution in [-0.4, -0.2) is 33.2 Å². The molecule has 0 saturated carbocycles. The molecule has 0 heterocycles. The van der Waals surface area contributed by atoms with Crippen molar-refractivity contribution in [1.29, 1.82) is 0 Å². The molecule has 0 aliphatic rings. The Labute approximate surface area is 103 Å². The Bertz CT molecular complexity index is 310. The van der Waals surface area contributed by atoms with Gasteiger partial charge >= 0.3 is 0 Å². The standard InChI is InChI=1S/C11H16N2O2.C2H6/c1-12-10-5-3-9(4-6-10)11(14)13-7-8-15-2;1-2/h3-6,12H,7-8H2,1-2H3,(H,13,14);1-2H3. The number of hydrogen-bond acceptors (Lipinski definition) is 3. The molecule has 0 bridgehead atoms. The van der Waals surface area contributed by atoms with E-state index in [0.717, 1.165) is 5.69 Å². The van der Waals surface area contributed by atoms with E-state index in [1.165, 1.54) is 0 Å². The number of ether oxygens (including phenoxy) is 1. The quantitative estimate of drug-likeness (QED) is 0.773. The molecule has 1 aromatic carbocycles. The van der Waals surface area contributed by atoms with Crippen LogP contribution in [0.5, 0.6) is 0 Å². The van der Waals surface area contributed by atoms with Crippen LogP contribution in [0.15, 0.2) is 24.3 Å². The molecule has 0 aliphatic carbocycles. The minimum Gasteiger partial charge on any atom is -0.388 e. The van der Waals surface area contributed by atoms with Gasteiger partial charge in [-0.3, -0.25) is 4.79 Å². The molecule has 1 amide bonds. The van der Waals surface area contributed by atoms with E-state index in [1.807, 2.05) is 33.0 Å². The fraction of sp³-hybridized carbons (Fsp3) is 0.462. The highest BCUT2D eigenvalue weighted by Gasteiger charge is 2.03. The molecule has 0 aromatic heterocycles. The van der Waals surface area contributed by atoms with Crippen LogP contribution in [0.3, 0.4) is 0 Å². The zero-order chi connectivity index (χ0) is 13.1. The SMILES string of the molecule is CC.CNc1ccc(C(=O)NCCOC)cc1. The summed E-state index contributed by atoms with van der Waals surface area (Å²) in [5.74, 6) is -0.0743. The van der Waals surface area contributed by atoms with Gasteiger partial charge in [0.1, 0.15) is 0 Å². The topological polar surface area (TPSA) is 50.4 Å². The molecule has 17 heavy (non-hydrogen) atoms. The van der Waals surface area contributed by atoms with Gasteiger partial charge in [0.2, 0.25) is 0 Å². The van der Waals surface area contributed by atoms with Gasteiger partial charge in [-0.2, -0.15) is 0 Å². The van der Waals surface area contributed by atoms with Crippen molar-refractivity contribution in [1.82, 2.24) is 5.32 Å². The highest BCUT2D eigenvalue weighted by Crippen LogP contribution is 2.07. The zero-order valence-electron chi connectivity index (χ0n) is 11.0. The normalized spacial score (nSPS) is 8.94. The number of nitrogens with one attached hydrogen (secondary N) is 2. The monoisotopic (exact) mass is 238 g/mol. The molecule has 96 valence electrons. The first-order chi connectivity index (χ1) is 8.27. The van der Waals surface area contributed by atoms with Gasteiger partial charge in [0.05, 0.1) is 6.61 Å². The zero-order valence-corrected chi connectivity index (χ0v) is 11.0. The summed E-state index contributed by atoms with van der Waals surface area (Å²) in [6.07, 6.45) is 0. The maximum atomic E-state index is 11.5. The maximum Gasteiger partial charge on any atom is 0.251 e. The maximum absolute atomic E-state index is 11.5. The van der Waals surface area contributed by atoms with E-state index in [1.54, 1.807) is 19.2 Å². The fourth-order valence-electron chi connectivity index (χ4n) is 1.16. The molecule has 0 atom stereocenters. The van der Waals surface area contributed by atoms with E-state index in [0.29, 0.717) is 18.7 Å². The fourth-order valence-corrected chi connectivity index (χ4v) is 1.16. The predicted octanol–water partition coefficient (Wildman–Crippen LogP) is 2.13. The van der Waals surface area contributed by atoms with E-state index < -0.39 is 0 Å². The predicted molar refractivity (Wildman–Crippen MR) is 71.5 cm³/mol. The number of benzene rings is 1. The summed E-state index contributed by atoms with van der Waals surface area (Å²) < 4.78 is 4.84. The van der Waals surface area contributed by atoms with E-state index in [9.17, 15) is 4.79 Å². The molecular formula is C13H22N2O2. The van der Waals surface area contributed by atoms with Gasteiger partial charge in [0.25, 0.3) is 5.91 Å². The molecule has 0 fully saturated rings. The Kier molecular flexibility index (Phi) is 8.78. The van der Waals surface area contributed by atoms with E-state index in [2.05, 4.69) is 10.6 Å². The summed E-state index contributed by atoms with van der Waals surface area (Å²) in [7, 11) is 3.45. The Morgan fingerprint density at radius 2 is 1.82 bits per heavy atom. The van der Waals surface area contributed by atoms with Gasteiger partial charge in [-0.05, 0) is 24.3 Å². The minimum atomic E-state index is -0.0743. The number of amides is 1. The first-order valence-electron chi connectivity index (χ1n) is 5.83. The van der Waals surface area contributed by atoms with Crippen molar-refractivity contribution >= 4 is 11.6 Å². The van der Waals surface area contributed by atoms with Crippen molar-refractivity contribution < 1.29 is 9.53 Å². The van der Waals surface area contributed by atoms with Crippen LogP contribution in [0.2, 0.25) is 0 Å². The second-order valence-electron chi connectivity index (χ2n) is 3.08. The first kappa shape index (κ1) is 15.4. The van der Waals surface area contributed by atoms with Crippen LogP contribution >= 0.6 is 0 Å². The lowest BCUT2D eigenvalue weighted by molar-refractivity contribution is 0.0937. The van der Waals surface area contributed by atoms with Crippen molar-refractivity contribution in [2.75, 3.05) is 32.6 Å². The average Bonchev–Trinajstić information content (AvgIpc) is 2.41. The van der Waals surface area contributed by atoms with Crippen LogP contribution in [0.4, 0.5) is 5.69 Å². The second-order valence-corrected chi connectivity index (χ2v) is 3.08. The molecule has 2 N–H and O–H groups in total. The highest BCUT2D eigenvalue weighted by molar-refractivity contribution is 5.94. The number of carbonyl (C=O) groups excluding carboxylic acids is 1. The third kappa shape index (κ3) is 5.92. The van der Waals surface area contributed by atoms with Gasteiger partial charge in [-0.1, -0.05) is 13.8 Å². The van der Waals surface area contributed by atoms with Crippen LogP contribution in [-0.2, 0) is 4.74 Å². The van der Waals surface area contributed by atoms with Crippen LogP contribution in [0.1, 0.15) is 24.2 Å². The first-order valence-corrected chi connectivity index (χ1v) is 5.83. The lowest BCUT2D eigenvalue weighted by Gasteiger charge is -2.05. The summed E-state index contributed by atoms with van der Waals surface area (Å²) in [5.41, 5.74) is 1.65. The lowest BCUT2D eigenvalue weighted by atomic mass is 10.2. The highest BCUT2D eigenvalue weighted by atomic mass is 16.5. The Balaban J connectivity index is 0.00000121. The van der Waals surface area contributed by atoms with Gasteiger partial charge in [0, 0.05) is 32.0 Å². The van der Waals surface area contributed by atoms with E-state index in [-0.39, 0.29) is 5.91 Å². The Hall–Kier alpha value is -1.55. The molecule has 4 heteroatoms. The second kappa shape index (κ2) is 9.66. The van der Waals surface area contributed by atoms with E-state index in [4.69, 9.17) is 4.74 Å². The van der Waals surface area contributed by atoms with Gasteiger partial charge in [0.15, 0.2) is 0 Å². The van der Waals surface area contributed by atoms with Crippen molar-refractivity contribution in [3.63, 3.8) is 0 Å². The molecule has 0 saturated heterocycles. The molecule has 0 aliphatic heterocycles. The summed E-state index contributed by atoms with van der Waals surface area (Å²) in [6.45, 7) is 5.06. The Morgan fingerprint density at radius 3 is 2.29 bits per heavy atom. The molecule has 1 rings (SSSR count). The number of methoxy groups -OCH3 is 1. The van der Waals surface area contributed by atoms with Gasteiger partial charge < -0.3 is 15.4 Å². The summed E-state index contributed by atoms with van der Waals surface area (Å²) >= 11 is 0. The van der Waals surface area contributed by atoms with Gasteiger partial charge in [-0.25, -0.2) is 0 Å². The minimum absolute atomic E-state index is 0.0743. The van der Waals surface area contributed by atoms with Crippen molar-refractivity contribution in [3.05, 3.63) is 29.8 Å². The van der Waals surface area contributed by atoms with Crippen LogP contribution < -0.4 is 10.6 Å². The number of anilines is 1. The third-order valence-electron chi connectivity index (χ3n) is 2.03. The summed E-state index contributed by atoms with van der Waals surface area (Å²) in [5, 5.41) is 5.75. The molecule has 4 nitrogen and oxygen atoms in total. The number of hydrogen-bond donors (Lipinski definition) is 2. The molecular weight excluding hydrogens is 216 g/mol. The molecule has 0 spiro atoms. The number of carbonyl (C=O) groups is 1. The summed E-state index contributed by atoms with van der Waals surface area (Å²) in [6, 6.07) is 7.30. The largest absolute Gasteiger partial charge is 0.388 e. The average molecular weight is 238 g/mol. The Morgan fingerprint density at radius 1 is 1.24 bits per heavy atom. The van der Waals surface area contributed by atoms with Crippen molar-refractivity contribution in [2.24, 2.45) is 0 Å². The lowest BCUT2D eigenvalue weighted by Crippen LogP contribution is -2.26. The smallest absolute Gasteiger partial charge is 0.251 e. The van der Waals surface area contributed by atoms with Gasteiger partial charge in [-0.15, -0.1) is 0 Å². The summed E-state index contributed by atoms with van der Waals surface area (Å²) in [4.78, 5) is 11.5. The third-order valence-corrected chi connectivity index (χ3v) is 2.03. The van der Waals surface area contributed by atoms with Crippen LogP contribution in [0, 0.1) is 0 Å². The van der Waals surface area contributed by atoms with Crippen molar-refractivity contribution in [3.8, 4) is 0 Å². The molecule has 1 aromatic rings.